The van der Waals surface area contributed by atoms with Crippen molar-refractivity contribution in [3.8, 4) is 0 Å². The van der Waals surface area contributed by atoms with Crippen LogP contribution in [-0.2, 0) is 4.79 Å². The number of amides is 1. The van der Waals surface area contributed by atoms with Crippen LogP contribution in [0.2, 0.25) is 0 Å². The summed E-state index contributed by atoms with van der Waals surface area (Å²) in [7, 11) is 0. The van der Waals surface area contributed by atoms with E-state index in [0.717, 1.165) is 25.2 Å². The van der Waals surface area contributed by atoms with E-state index < -0.39 is 6.04 Å². The molecule has 5 nitrogen and oxygen atoms in total. The lowest BCUT2D eigenvalue weighted by atomic mass is 10.0. The lowest BCUT2D eigenvalue weighted by Gasteiger charge is -2.27. The monoisotopic (exact) mass is 236 g/mol. The maximum atomic E-state index is 12.3. The number of nitrogens with two attached hydrogens (primary N) is 1. The molecule has 2 heterocycles. The first kappa shape index (κ1) is 12.1. The molecular formula is C12H20N4O. The largest absolute Gasteiger partial charge is 0.347 e. The minimum absolute atomic E-state index is 0.0406. The predicted molar refractivity (Wildman–Crippen MR) is 65.1 cm³/mol. The van der Waals surface area contributed by atoms with Gasteiger partial charge in [-0.2, -0.15) is 0 Å². The van der Waals surface area contributed by atoms with E-state index >= 15 is 0 Å². The van der Waals surface area contributed by atoms with Gasteiger partial charge in [0.15, 0.2) is 0 Å². The zero-order chi connectivity index (χ0) is 12.4. The third kappa shape index (κ3) is 2.34. The van der Waals surface area contributed by atoms with Crippen molar-refractivity contribution in [2.45, 2.75) is 38.8 Å². The quantitative estimate of drug-likeness (QED) is 0.824. The van der Waals surface area contributed by atoms with E-state index in [1.165, 1.54) is 0 Å². The minimum Gasteiger partial charge on any atom is -0.347 e. The fourth-order valence-corrected chi connectivity index (χ4v) is 2.25. The summed E-state index contributed by atoms with van der Waals surface area (Å²) in [6.45, 7) is 4.73. The van der Waals surface area contributed by atoms with Gasteiger partial charge in [-0.15, -0.1) is 0 Å². The van der Waals surface area contributed by atoms with E-state index in [1.54, 1.807) is 12.4 Å². The maximum absolute atomic E-state index is 12.3. The van der Waals surface area contributed by atoms with Gasteiger partial charge in [0.2, 0.25) is 5.91 Å². The number of nitrogens with one attached hydrogen (secondary N) is 1. The second-order valence-electron chi connectivity index (χ2n) is 4.93. The molecule has 1 aliphatic rings. The lowest BCUT2D eigenvalue weighted by Crippen LogP contribution is -2.46. The Morgan fingerprint density at radius 1 is 1.65 bits per heavy atom. The van der Waals surface area contributed by atoms with Gasteiger partial charge in [-0.05, 0) is 18.8 Å². The van der Waals surface area contributed by atoms with Crippen molar-refractivity contribution in [3.05, 3.63) is 18.2 Å². The van der Waals surface area contributed by atoms with Crippen LogP contribution in [0.4, 0.5) is 0 Å². The summed E-state index contributed by atoms with van der Waals surface area (Å²) in [6.07, 6.45) is 5.49. The van der Waals surface area contributed by atoms with Gasteiger partial charge >= 0.3 is 0 Å². The Morgan fingerprint density at radius 3 is 3.00 bits per heavy atom. The van der Waals surface area contributed by atoms with Gasteiger partial charge in [0.25, 0.3) is 0 Å². The molecule has 17 heavy (non-hydrogen) atoms. The number of likely N-dealkylation sites (tertiary alicyclic amines) is 1. The molecule has 0 bridgehead atoms. The number of H-pyrrole nitrogens is 1. The van der Waals surface area contributed by atoms with Gasteiger partial charge in [-0.1, -0.05) is 13.8 Å². The number of rotatable bonds is 3. The molecule has 1 aliphatic heterocycles. The van der Waals surface area contributed by atoms with Crippen molar-refractivity contribution in [1.29, 1.82) is 0 Å². The van der Waals surface area contributed by atoms with Gasteiger partial charge in [0.1, 0.15) is 5.82 Å². The number of carbonyl (C=O) groups is 1. The SMILES string of the molecule is CC(C)[C@@H](N)C(=O)N1CCC[C@@H]1c1ncc[nH]1. The highest BCUT2D eigenvalue weighted by Crippen LogP contribution is 2.30. The summed E-state index contributed by atoms with van der Waals surface area (Å²) in [5, 5.41) is 0. The van der Waals surface area contributed by atoms with Crippen molar-refractivity contribution in [2.75, 3.05) is 6.54 Å². The fourth-order valence-electron chi connectivity index (χ4n) is 2.25. The molecule has 0 aliphatic carbocycles. The van der Waals surface area contributed by atoms with Crippen LogP contribution in [0.15, 0.2) is 12.4 Å². The van der Waals surface area contributed by atoms with E-state index in [-0.39, 0.29) is 17.9 Å². The molecule has 94 valence electrons. The average Bonchev–Trinajstić information content (AvgIpc) is 2.96. The number of hydrogen-bond donors (Lipinski definition) is 2. The van der Waals surface area contributed by atoms with Crippen LogP contribution in [0.3, 0.4) is 0 Å². The van der Waals surface area contributed by atoms with Crippen LogP contribution in [-0.4, -0.2) is 33.4 Å². The number of nitrogens with zero attached hydrogens (tertiary/aromatic N) is 2. The zero-order valence-electron chi connectivity index (χ0n) is 10.4. The molecule has 1 aromatic rings. The third-order valence-electron chi connectivity index (χ3n) is 3.37. The fraction of sp³-hybridized carbons (Fsp3) is 0.667. The van der Waals surface area contributed by atoms with Crippen molar-refractivity contribution in [1.82, 2.24) is 14.9 Å². The molecule has 1 amide bonds. The Hall–Kier alpha value is -1.36. The van der Waals surface area contributed by atoms with Crippen molar-refractivity contribution in [3.63, 3.8) is 0 Å². The predicted octanol–water partition coefficient (Wildman–Crippen LogP) is 1.06. The third-order valence-corrected chi connectivity index (χ3v) is 3.37. The minimum atomic E-state index is -0.412. The highest BCUT2D eigenvalue weighted by molar-refractivity contribution is 5.82. The van der Waals surface area contributed by atoms with Crippen molar-refractivity contribution >= 4 is 5.91 Å². The molecule has 1 aromatic heterocycles. The summed E-state index contributed by atoms with van der Waals surface area (Å²) >= 11 is 0. The first-order chi connectivity index (χ1) is 8.11. The van der Waals surface area contributed by atoms with Crippen LogP contribution >= 0.6 is 0 Å². The number of imidazole rings is 1. The summed E-state index contributed by atoms with van der Waals surface area (Å²) < 4.78 is 0. The normalized spacial score (nSPS) is 22.1. The Labute approximate surface area is 101 Å². The Kier molecular flexibility index (Phi) is 3.47. The molecule has 2 rings (SSSR count). The van der Waals surface area contributed by atoms with Gasteiger partial charge in [0.05, 0.1) is 12.1 Å². The van der Waals surface area contributed by atoms with E-state index in [4.69, 9.17) is 5.73 Å². The van der Waals surface area contributed by atoms with E-state index in [2.05, 4.69) is 9.97 Å². The van der Waals surface area contributed by atoms with Crippen LogP contribution in [0.5, 0.6) is 0 Å². The zero-order valence-corrected chi connectivity index (χ0v) is 10.4. The van der Waals surface area contributed by atoms with Crippen molar-refractivity contribution in [2.24, 2.45) is 11.7 Å². The standard InChI is InChI=1S/C12H20N4O/c1-8(2)10(13)12(17)16-7-3-4-9(16)11-14-5-6-15-11/h5-6,8-10H,3-4,7,13H2,1-2H3,(H,14,15)/t9-,10-/m1/s1. The Morgan fingerprint density at radius 2 is 2.41 bits per heavy atom. The van der Waals surface area contributed by atoms with Crippen LogP contribution < -0.4 is 5.73 Å². The lowest BCUT2D eigenvalue weighted by molar-refractivity contribution is -0.134. The molecule has 3 N–H and O–H groups in total. The molecule has 2 atom stereocenters. The molecular weight excluding hydrogens is 216 g/mol. The van der Waals surface area contributed by atoms with Crippen LogP contribution in [0, 0.1) is 5.92 Å². The van der Waals surface area contributed by atoms with E-state index in [1.807, 2.05) is 18.7 Å². The molecule has 0 spiro atoms. The molecule has 0 saturated carbocycles. The van der Waals surface area contributed by atoms with Gasteiger partial charge in [0, 0.05) is 18.9 Å². The summed E-state index contributed by atoms with van der Waals surface area (Å²) in [4.78, 5) is 21.4. The molecule has 1 saturated heterocycles. The Bertz CT molecular complexity index is 374. The highest BCUT2D eigenvalue weighted by atomic mass is 16.2. The second-order valence-corrected chi connectivity index (χ2v) is 4.93. The molecule has 0 aromatic carbocycles. The number of aromatic nitrogens is 2. The number of carbonyl (C=O) groups excluding carboxylic acids is 1. The van der Waals surface area contributed by atoms with Crippen molar-refractivity contribution < 1.29 is 4.79 Å². The molecule has 0 radical (unpaired) electrons. The number of aromatic amines is 1. The average molecular weight is 236 g/mol. The molecule has 0 unspecified atom stereocenters. The topological polar surface area (TPSA) is 75.0 Å². The number of hydrogen-bond acceptors (Lipinski definition) is 3. The van der Waals surface area contributed by atoms with Crippen LogP contribution in [0.25, 0.3) is 0 Å². The molecule has 5 heteroatoms. The summed E-state index contributed by atoms with van der Waals surface area (Å²) in [5.41, 5.74) is 5.93. The van der Waals surface area contributed by atoms with Gasteiger partial charge in [-0.25, -0.2) is 4.98 Å². The summed E-state index contributed by atoms with van der Waals surface area (Å²) in [6, 6.07) is -0.340. The Balaban J connectivity index is 2.12. The first-order valence-electron chi connectivity index (χ1n) is 6.16. The highest BCUT2D eigenvalue weighted by Gasteiger charge is 2.34. The van der Waals surface area contributed by atoms with Gasteiger partial charge < -0.3 is 15.6 Å². The first-order valence-corrected chi connectivity index (χ1v) is 6.16. The van der Waals surface area contributed by atoms with Gasteiger partial charge in [-0.3, -0.25) is 4.79 Å². The van der Waals surface area contributed by atoms with Crippen LogP contribution in [0.1, 0.15) is 38.6 Å². The van der Waals surface area contributed by atoms with E-state index in [9.17, 15) is 4.79 Å². The second kappa shape index (κ2) is 4.87. The molecule has 1 fully saturated rings. The smallest absolute Gasteiger partial charge is 0.240 e. The van der Waals surface area contributed by atoms with E-state index in [0.29, 0.717) is 0 Å². The maximum Gasteiger partial charge on any atom is 0.240 e. The summed E-state index contributed by atoms with van der Waals surface area (Å²) in [5.74, 6) is 1.08.